The van der Waals surface area contributed by atoms with Crippen molar-refractivity contribution in [3.63, 3.8) is 0 Å². The molecular weight excluding hydrogens is 232 g/mol. The van der Waals surface area contributed by atoms with E-state index in [-0.39, 0.29) is 5.92 Å². The Balaban J connectivity index is 1.93. The van der Waals surface area contributed by atoms with Gasteiger partial charge in [0.05, 0.1) is 0 Å². The van der Waals surface area contributed by atoms with E-state index in [0.717, 1.165) is 29.8 Å². The predicted octanol–water partition coefficient (Wildman–Crippen LogP) is 3.84. The lowest BCUT2D eigenvalue weighted by Gasteiger charge is -2.17. The average Bonchev–Trinajstić information content (AvgIpc) is 2.34. The number of Topliss-reactive ketones (excluding diaryl/α,β-unsaturated/α-hetero) is 1. The summed E-state index contributed by atoms with van der Waals surface area (Å²) in [6.45, 7) is 0. The van der Waals surface area contributed by atoms with E-state index >= 15 is 0 Å². The summed E-state index contributed by atoms with van der Waals surface area (Å²) in [5.74, 6) is 6.75. The molecule has 0 heterocycles. The van der Waals surface area contributed by atoms with Gasteiger partial charge in [-0.05, 0) is 37.1 Å². The van der Waals surface area contributed by atoms with Crippen LogP contribution in [0, 0.1) is 17.8 Å². The second-order valence-corrected chi connectivity index (χ2v) is 4.86. The van der Waals surface area contributed by atoms with Crippen LogP contribution in [-0.4, -0.2) is 5.78 Å². The van der Waals surface area contributed by atoms with Crippen molar-refractivity contribution in [3.05, 3.63) is 34.9 Å². The molecule has 0 saturated heterocycles. The highest BCUT2D eigenvalue weighted by atomic mass is 35.5. The fraction of sp³-hybridized carbons (Fsp3) is 0.400. The molecule has 0 amide bonds. The van der Waals surface area contributed by atoms with E-state index in [1.807, 2.05) is 24.3 Å². The zero-order valence-electron chi connectivity index (χ0n) is 9.71. The molecule has 0 N–H and O–H groups in total. The Hall–Kier alpha value is -1.26. The number of carbonyl (C=O) groups excluding carboxylic acids is 1. The summed E-state index contributed by atoms with van der Waals surface area (Å²) < 4.78 is 0. The maximum atomic E-state index is 11.6. The van der Waals surface area contributed by atoms with Gasteiger partial charge >= 0.3 is 0 Å². The first-order valence-electron chi connectivity index (χ1n) is 6.03. The van der Waals surface area contributed by atoms with Crippen molar-refractivity contribution < 1.29 is 4.79 Å². The van der Waals surface area contributed by atoms with E-state index < -0.39 is 0 Å². The van der Waals surface area contributed by atoms with Gasteiger partial charge in [0.25, 0.3) is 0 Å². The Kier molecular flexibility index (Phi) is 4.23. The van der Waals surface area contributed by atoms with Gasteiger partial charge in [0.1, 0.15) is 5.78 Å². The summed E-state index contributed by atoms with van der Waals surface area (Å²) >= 11 is 5.79. The number of ketones is 1. The van der Waals surface area contributed by atoms with E-state index in [1.165, 1.54) is 6.42 Å². The molecule has 0 aliphatic heterocycles. The lowest BCUT2D eigenvalue weighted by Crippen LogP contribution is -2.18. The van der Waals surface area contributed by atoms with Gasteiger partial charge in [-0.1, -0.05) is 29.9 Å². The van der Waals surface area contributed by atoms with Gasteiger partial charge in [0.2, 0.25) is 0 Å². The first-order valence-corrected chi connectivity index (χ1v) is 6.40. The molecule has 1 atom stereocenters. The molecule has 1 unspecified atom stereocenters. The first kappa shape index (κ1) is 12.2. The van der Waals surface area contributed by atoms with Crippen LogP contribution in [0.4, 0.5) is 0 Å². The molecule has 1 aliphatic carbocycles. The van der Waals surface area contributed by atoms with Crippen LogP contribution in [0.2, 0.25) is 5.02 Å². The predicted molar refractivity (Wildman–Crippen MR) is 69.9 cm³/mol. The summed E-state index contributed by atoms with van der Waals surface area (Å²) in [5, 5.41) is 0.720. The average molecular weight is 247 g/mol. The van der Waals surface area contributed by atoms with Crippen LogP contribution in [0.15, 0.2) is 24.3 Å². The molecular formula is C15H15ClO. The molecule has 1 aromatic rings. The smallest absolute Gasteiger partial charge is 0.136 e. The number of rotatable bonds is 1. The minimum absolute atomic E-state index is 0.170. The minimum Gasteiger partial charge on any atom is -0.299 e. The van der Waals surface area contributed by atoms with Crippen LogP contribution in [-0.2, 0) is 4.79 Å². The van der Waals surface area contributed by atoms with Crippen LogP contribution in [0.1, 0.15) is 37.7 Å². The minimum atomic E-state index is 0.170. The summed E-state index contributed by atoms with van der Waals surface area (Å²) in [6, 6.07) is 7.46. The maximum Gasteiger partial charge on any atom is 0.136 e. The molecule has 1 fully saturated rings. The quantitative estimate of drug-likeness (QED) is 0.688. The number of halogens is 1. The highest BCUT2D eigenvalue weighted by Crippen LogP contribution is 2.22. The van der Waals surface area contributed by atoms with Crippen molar-refractivity contribution in [2.45, 2.75) is 32.1 Å². The van der Waals surface area contributed by atoms with Crippen molar-refractivity contribution >= 4 is 17.4 Å². The van der Waals surface area contributed by atoms with Crippen LogP contribution in [0.5, 0.6) is 0 Å². The number of carbonyl (C=O) groups is 1. The zero-order valence-corrected chi connectivity index (χ0v) is 10.5. The Bertz CT molecular complexity index is 450. The number of hydrogen-bond donors (Lipinski definition) is 0. The molecule has 1 saturated carbocycles. The Morgan fingerprint density at radius 3 is 2.71 bits per heavy atom. The fourth-order valence-electron chi connectivity index (χ4n) is 2.08. The maximum absolute atomic E-state index is 11.6. The molecule has 2 heteroatoms. The normalized spacial score (nSPS) is 19.6. The third-order valence-corrected chi connectivity index (χ3v) is 3.36. The highest BCUT2D eigenvalue weighted by Gasteiger charge is 2.20. The molecule has 2 rings (SSSR count). The SMILES string of the molecule is O=C1CCCCC1CC#Cc1ccc(Cl)cc1. The molecule has 17 heavy (non-hydrogen) atoms. The van der Waals surface area contributed by atoms with E-state index in [2.05, 4.69) is 11.8 Å². The van der Waals surface area contributed by atoms with Crippen LogP contribution in [0.25, 0.3) is 0 Å². The van der Waals surface area contributed by atoms with Crippen molar-refractivity contribution in [2.24, 2.45) is 5.92 Å². The van der Waals surface area contributed by atoms with Gasteiger partial charge in [0, 0.05) is 29.3 Å². The lowest BCUT2D eigenvalue weighted by atomic mass is 9.86. The number of benzene rings is 1. The summed E-state index contributed by atoms with van der Waals surface area (Å²) in [4.78, 5) is 11.6. The van der Waals surface area contributed by atoms with E-state index in [9.17, 15) is 4.79 Å². The molecule has 1 aromatic carbocycles. The Morgan fingerprint density at radius 2 is 2.00 bits per heavy atom. The molecule has 0 aromatic heterocycles. The summed E-state index contributed by atoms with van der Waals surface area (Å²) in [5.41, 5.74) is 0.956. The van der Waals surface area contributed by atoms with Crippen LogP contribution >= 0.6 is 11.6 Å². The van der Waals surface area contributed by atoms with Gasteiger partial charge in [0.15, 0.2) is 0 Å². The summed E-state index contributed by atoms with van der Waals surface area (Å²) in [7, 11) is 0. The molecule has 1 aliphatic rings. The molecule has 88 valence electrons. The van der Waals surface area contributed by atoms with Gasteiger partial charge in [-0.15, -0.1) is 0 Å². The monoisotopic (exact) mass is 246 g/mol. The van der Waals surface area contributed by atoms with Crippen molar-refractivity contribution in [3.8, 4) is 11.8 Å². The standard InChI is InChI=1S/C15H15ClO/c16-14-10-8-12(9-11-14)4-3-6-13-5-1-2-7-15(13)17/h8-11,13H,1-2,5-7H2. The van der Waals surface area contributed by atoms with Crippen molar-refractivity contribution in [2.75, 3.05) is 0 Å². The van der Waals surface area contributed by atoms with E-state index in [0.29, 0.717) is 12.2 Å². The van der Waals surface area contributed by atoms with Crippen molar-refractivity contribution in [1.29, 1.82) is 0 Å². The third kappa shape index (κ3) is 3.61. The molecule has 0 spiro atoms. The first-order chi connectivity index (χ1) is 8.25. The molecule has 0 bridgehead atoms. The Labute approximate surface area is 107 Å². The highest BCUT2D eigenvalue weighted by molar-refractivity contribution is 6.30. The van der Waals surface area contributed by atoms with Crippen LogP contribution in [0.3, 0.4) is 0 Å². The lowest BCUT2D eigenvalue weighted by molar-refractivity contribution is -0.124. The second-order valence-electron chi connectivity index (χ2n) is 4.42. The van der Waals surface area contributed by atoms with Gasteiger partial charge in [-0.25, -0.2) is 0 Å². The van der Waals surface area contributed by atoms with Gasteiger partial charge in [-0.2, -0.15) is 0 Å². The molecule has 1 nitrogen and oxygen atoms in total. The Morgan fingerprint density at radius 1 is 1.24 bits per heavy atom. The molecule has 0 radical (unpaired) electrons. The number of hydrogen-bond acceptors (Lipinski definition) is 1. The van der Waals surface area contributed by atoms with Crippen molar-refractivity contribution in [1.82, 2.24) is 0 Å². The van der Waals surface area contributed by atoms with E-state index in [1.54, 1.807) is 0 Å². The fourth-order valence-corrected chi connectivity index (χ4v) is 2.21. The van der Waals surface area contributed by atoms with Gasteiger partial charge < -0.3 is 0 Å². The third-order valence-electron chi connectivity index (χ3n) is 3.11. The summed E-state index contributed by atoms with van der Waals surface area (Å²) in [6.07, 6.45) is 4.67. The topological polar surface area (TPSA) is 17.1 Å². The van der Waals surface area contributed by atoms with E-state index in [4.69, 9.17) is 11.6 Å². The largest absolute Gasteiger partial charge is 0.299 e. The van der Waals surface area contributed by atoms with Crippen LogP contribution < -0.4 is 0 Å². The zero-order chi connectivity index (χ0) is 12.1. The van der Waals surface area contributed by atoms with Gasteiger partial charge in [-0.3, -0.25) is 4.79 Å². The second kappa shape index (κ2) is 5.89.